The molecular weight excluding hydrogens is 435 g/mol. The zero-order chi connectivity index (χ0) is 23.6. The average molecular weight is 459 g/mol. The van der Waals surface area contributed by atoms with E-state index in [2.05, 4.69) is 10.6 Å². The number of nitro groups is 1. The maximum Gasteiger partial charge on any atom is 0.416 e. The summed E-state index contributed by atoms with van der Waals surface area (Å²) in [6, 6.07) is 16.4. The molecule has 1 aliphatic heterocycles. The first-order valence-corrected chi connectivity index (χ1v) is 10.7. The lowest BCUT2D eigenvalue weighted by Gasteiger charge is -2.33. The van der Waals surface area contributed by atoms with Crippen LogP contribution in [0.15, 0.2) is 60.7 Å². The third-order valence-electron chi connectivity index (χ3n) is 6.23. The number of aliphatic hydroxyl groups is 1. The van der Waals surface area contributed by atoms with Gasteiger partial charge >= 0.3 is 6.18 Å². The van der Waals surface area contributed by atoms with Gasteiger partial charge in [0.2, 0.25) is 0 Å². The second kappa shape index (κ2) is 9.09. The molecule has 1 unspecified atom stereocenters. The summed E-state index contributed by atoms with van der Waals surface area (Å²) in [5.74, 6) is 0. The second-order valence-corrected chi connectivity index (χ2v) is 8.33. The molecular formula is C24H24F3N3O3. The Hall–Kier alpha value is -3.01. The van der Waals surface area contributed by atoms with Gasteiger partial charge in [-0.1, -0.05) is 36.4 Å². The van der Waals surface area contributed by atoms with Crippen molar-refractivity contribution in [1.29, 1.82) is 0 Å². The van der Waals surface area contributed by atoms with Crippen molar-refractivity contribution >= 4 is 16.5 Å². The maximum atomic E-state index is 13.8. The van der Waals surface area contributed by atoms with Crippen LogP contribution in [0.5, 0.6) is 0 Å². The number of benzene rings is 3. The molecule has 1 heterocycles. The number of alkyl halides is 3. The fourth-order valence-corrected chi connectivity index (χ4v) is 4.50. The molecule has 0 aromatic heterocycles. The predicted octanol–water partition coefficient (Wildman–Crippen LogP) is 4.67. The van der Waals surface area contributed by atoms with Gasteiger partial charge in [0.05, 0.1) is 22.1 Å². The molecule has 3 aromatic rings. The summed E-state index contributed by atoms with van der Waals surface area (Å²) in [6.07, 6.45) is -4.83. The monoisotopic (exact) mass is 459 g/mol. The number of nitrogens with one attached hydrogen (secondary N) is 2. The van der Waals surface area contributed by atoms with Crippen molar-refractivity contribution in [1.82, 2.24) is 10.6 Å². The van der Waals surface area contributed by atoms with Crippen molar-refractivity contribution in [2.24, 2.45) is 0 Å². The zero-order valence-electron chi connectivity index (χ0n) is 17.7. The highest BCUT2D eigenvalue weighted by Crippen LogP contribution is 2.41. The Kier molecular flexibility index (Phi) is 6.38. The predicted molar refractivity (Wildman–Crippen MR) is 119 cm³/mol. The van der Waals surface area contributed by atoms with E-state index >= 15 is 0 Å². The quantitative estimate of drug-likeness (QED) is 0.353. The first-order chi connectivity index (χ1) is 15.7. The smallest absolute Gasteiger partial charge is 0.388 e. The molecule has 3 N–H and O–H groups in total. The Labute approximate surface area is 188 Å². The van der Waals surface area contributed by atoms with Crippen LogP contribution in [-0.4, -0.2) is 29.7 Å². The average Bonchev–Trinajstić information content (AvgIpc) is 3.27. The number of fused-ring (bicyclic) bond motifs is 1. The molecule has 1 saturated heterocycles. The minimum absolute atomic E-state index is 0.0224. The number of hydrogen-bond donors (Lipinski definition) is 3. The lowest BCUT2D eigenvalue weighted by atomic mass is 9.84. The van der Waals surface area contributed by atoms with Crippen molar-refractivity contribution in [2.75, 3.05) is 19.6 Å². The van der Waals surface area contributed by atoms with E-state index in [4.69, 9.17) is 0 Å². The molecule has 33 heavy (non-hydrogen) atoms. The van der Waals surface area contributed by atoms with Crippen molar-refractivity contribution in [3.05, 3.63) is 87.5 Å². The zero-order valence-corrected chi connectivity index (χ0v) is 17.7. The van der Waals surface area contributed by atoms with Gasteiger partial charge in [0, 0.05) is 18.7 Å². The van der Waals surface area contributed by atoms with E-state index in [1.54, 1.807) is 0 Å². The molecule has 174 valence electrons. The Morgan fingerprint density at radius 2 is 1.88 bits per heavy atom. The minimum Gasteiger partial charge on any atom is -0.388 e. The van der Waals surface area contributed by atoms with E-state index in [0.717, 1.165) is 22.4 Å². The van der Waals surface area contributed by atoms with Gasteiger partial charge in [-0.05, 0) is 60.0 Å². The van der Waals surface area contributed by atoms with Crippen molar-refractivity contribution in [3.63, 3.8) is 0 Å². The van der Waals surface area contributed by atoms with E-state index in [-0.39, 0.29) is 18.7 Å². The number of halogens is 3. The molecule has 1 fully saturated rings. The van der Waals surface area contributed by atoms with Crippen LogP contribution in [-0.2, 0) is 11.7 Å². The highest BCUT2D eigenvalue weighted by atomic mass is 19.4. The third kappa shape index (κ3) is 4.85. The van der Waals surface area contributed by atoms with Crippen molar-refractivity contribution in [3.8, 4) is 0 Å². The summed E-state index contributed by atoms with van der Waals surface area (Å²) in [4.78, 5) is 10.2. The van der Waals surface area contributed by atoms with Gasteiger partial charge in [-0.25, -0.2) is 0 Å². The van der Waals surface area contributed by atoms with Gasteiger partial charge in [0.25, 0.3) is 5.69 Å². The lowest BCUT2D eigenvalue weighted by Crippen LogP contribution is -2.46. The van der Waals surface area contributed by atoms with Crippen LogP contribution < -0.4 is 10.6 Å². The van der Waals surface area contributed by atoms with Crippen LogP contribution in [0.2, 0.25) is 0 Å². The number of rotatable bonds is 7. The summed E-state index contributed by atoms with van der Waals surface area (Å²) in [7, 11) is 0. The molecule has 0 aliphatic carbocycles. The number of aliphatic hydroxyl groups excluding tert-OH is 1. The topological polar surface area (TPSA) is 87.4 Å². The van der Waals surface area contributed by atoms with E-state index in [9.17, 15) is 28.4 Å². The first kappa shape index (κ1) is 23.2. The summed E-state index contributed by atoms with van der Waals surface area (Å²) in [5.41, 5.74) is -1.93. The van der Waals surface area contributed by atoms with Gasteiger partial charge in [0.15, 0.2) is 0 Å². The molecule has 0 radical (unpaired) electrons. The third-order valence-corrected chi connectivity index (χ3v) is 6.23. The Balaban J connectivity index is 1.54. The molecule has 3 aromatic carbocycles. The van der Waals surface area contributed by atoms with Gasteiger partial charge < -0.3 is 15.7 Å². The summed E-state index contributed by atoms with van der Waals surface area (Å²) >= 11 is 0. The number of non-ortho nitro benzene ring substituents is 1. The summed E-state index contributed by atoms with van der Waals surface area (Å²) < 4.78 is 41.4. The van der Waals surface area contributed by atoms with E-state index in [0.29, 0.717) is 25.5 Å². The number of hydrogen-bond acceptors (Lipinski definition) is 5. The van der Waals surface area contributed by atoms with Gasteiger partial charge in [-0.2, -0.15) is 13.2 Å². The molecule has 0 amide bonds. The molecule has 9 heteroatoms. The minimum atomic E-state index is -4.73. The normalized spacial score (nSPS) is 19.6. The lowest BCUT2D eigenvalue weighted by molar-refractivity contribution is -0.385. The Morgan fingerprint density at radius 3 is 2.55 bits per heavy atom. The fraction of sp³-hybridized carbons (Fsp3) is 0.333. The SMILES string of the molecule is O=[N+]([O-])c1ccc([C@@]2(NCCC(O)c3ccc4ccccc4c3)CCNC2)c(C(F)(F)F)c1. The van der Waals surface area contributed by atoms with E-state index in [1.165, 1.54) is 6.07 Å². The molecule has 1 aliphatic rings. The second-order valence-electron chi connectivity index (χ2n) is 8.33. The number of nitro benzene ring substituents is 1. The van der Waals surface area contributed by atoms with Gasteiger partial charge in [-0.15, -0.1) is 0 Å². The van der Waals surface area contributed by atoms with Crippen molar-refractivity contribution in [2.45, 2.75) is 30.7 Å². The Bertz CT molecular complexity index is 1160. The summed E-state index contributed by atoms with van der Waals surface area (Å²) in [5, 5.41) is 30.1. The summed E-state index contributed by atoms with van der Waals surface area (Å²) in [6.45, 7) is 1.03. The Morgan fingerprint density at radius 1 is 1.12 bits per heavy atom. The molecule has 0 saturated carbocycles. The number of nitrogens with zero attached hydrogens (tertiary/aromatic N) is 1. The van der Waals surface area contributed by atoms with E-state index < -0.39 is 34.0 Å². The van der Waals surface area contributed by atoms with E-state index in [1.807, 2.05) is 42.5 Å². The van der Waals surface area contributed by atoms with Gasteiger partial charge in [-0.3, -0.25) is 10.1 Å². The highest BCUT2D eigenvalue weighted by molar-refractivity contribution is 5.83. The van der Waals surface area contributed by atoms with Gasteiger partial charge in [0.1, 0.15) is 0 Å². The highest BCUT2D eigenvalue weighted by Gasteiger charge is 2.44. The van der Waals surface area contributed by atoms with Crippen molar-refractivity contribution < 1.29 is 23.2 Å². The van der Waals surface area contributed by atoms with Crippen LogP contribution in [0.3, 0.4) is 0 Å². The maximum absolute atomic E-state index is 13.8. The first-order valence-electron chi connectivity index (χ1n) is 10.7. The standard InChI is InChI=1S/C24H24F3N3O3/c25-24(26,27)21-14-19(30(32)33)7-8-20(21)23(10-12-28-15-23)29-11-9-22(31)18-6-5-16-3-1-2-4-17(16)13-18/h1-8,13-14,22,28-29,31H,9-12,15H2/t22?,23-/m1/s1. The molecule has 6 nitrogen and oxygen atoms in total. The molecule has 0 bridgehead atoms. The molecule has 4 rings (SSSR count). The molecule has 2 atom stereocenters. The van der Waals surface area contributed by atoms with Crippen LogP contribution >= 0.6 is 0 Å². The van der Waals surface area contributed by atoms with Crippen LogP contribution in [0.1, 0.15) is 35.6 Å². The molecule has 0 spiro atoms. The fourth-order valence-electron chi connectivity index (χ4n) is 4.50. The van der Waals surface area contributed by atoms with Crippen LogP contribution in [0.4, 0.5) is 18.9 Å². The van der Waals surface area contributed by atoms with Crippen LogP contribution in [0.25, 0.3) is 10.8 Å². The van der Waals surface area contributed by atoms with Crippen LogP contribution in [0, 0.1) is 10.1 Å². The largest absolute Gasteiger partial charge is 0.416 e.